The number of nitrogens with zero attached hydrogens (tertiary/aromatic N) is 2. The normalized spacial score (nSPS) is 19.0. The molecule has 2 aliphatic rings. The molecule has 148 valence electrons. The van der Waals surface area contributed by atoms with Gasteiger partial charge < -0.3 is 5.32 Å². The number of rotatable bonds is 6. The Kier molecular flexibility index (Phi) is 7.03. The number of carbonyl (C=O) groups is 2. The molecule has 1 heterocycles. The van der Waals surface area contributed by atoms with Crippen LogP contribution in [-0.2, 0) is 9.59 Å². The molecule has 1 aromatic carbocycles. The van der Waals surface area contributed by atoms with Crippen LogP contribution < -0.4 is 5.32 Å². The van der Waals surface area contributed by atoms with Gasteiger partial charge in [0, 0.05) is 18.2 Å². The van der Waals surface area contributed by atoms with Gasteiger partial charge in [0.15, 0.2) is 5.17 Å². The number of hydrogen-bond donors (Lipinski definition) is 1. The van der Waals surface area contributed by atoms with Crippen molar-refractivity contribution in [2.45, 2.75) is 38.1 Å². The summed E-state index contributed by atoms with van der Waals surface area (Å²) in [5.74, 6) is -0.611. The number of benzene rings is 1. The topological polar surface area (TPSA) is 61.8 Å². The van der Waals surface area contributed by atoms with Crippen molar-refractivity contribution in [1.29, 1.82) is 0 Å². The molecule has 1 fully saturated rings. The van der Waals surface area contributed by atoms with Crippen LogP contribution in [0.15, 0.2) is 47.6 Å². The van der Waals surface area contributed by atoms with Crippen molar-refractivity contribution < 1.29 is 14.0 Å². The second kappa shape index (κ2) is 9.68. The average molecular weight is 402 g/mol. The highest BCUT2D eigenvalue weighted by molar-refractivity contribution is 8.14. The van der Waals surface area contributed by atoms with E-state index in [2.05, 4.69) is 16.9 Å². The summed E-state index contributed by atoms with van der Waals surface area (Å²) in [6.07, 6.45) is 8.61. The Labute approximate surface area is 168 Å². The van der Waals surface area contributed by atoms with Crippen LogP contribution in [0.5, 0.6) is 0 Å². The smallest absolute Gasteiger partial charge is 0.278 e. The molecule has 3 rings (SSSR count). The van der Waals surface area contributed by atoms with Crippen molar-refractivity contribution in [1.82, 2.24) is 10.2 Å². The Balaban J connectivity index is 1.68. The van der Waals surface area contributed by atoms with Gasteiger partial charge in [-0.15, -0.1) is 6.58 Å². The zero-order valence-electron chi connectivity index (χ0n) is 15.7. The van der Waals surface area contributed by atoms with Gasteiger partial charge in [-0.1, -0.05) is 55.3 Å². The van der Waals surface area contributed by atoms with Gasteiger partial charge in [0.2, 0.25) is 5.91 Å². The van der Waals surface area contributed by atoms with E-state index in [0.29, 0.717) is 10.7 Å². The van der Waals surface area contributed by atoms with Gasteiger partial charge in [-0.3, -0.25) is 14.5 Å². The molecule has 0 spiro atoms. The summed E-state index contributed by atoms with van der Waals surface area (Å²) < 4.78 is 13.9. The van der Waals surface area contributed by atoms with Gasteiger partial charge >= 0.3 is 0 Å². The third-order valence-corrected chi connectivity index (χ3v) is 5.70. The predicted molar refractivity (Wildman–Crippen MR) is 111 cm³/mol. The Bertz CT molecular complexity index is 816. The number of nitrogens with one attached hydrogen (secondary N) is 1. The van der Waals surface area contributed by atoms with Crippen molar-refractivity contribution in [2.75, 3.05) is 12.3 Å². The fraction of sp³-hybridized carbons (Fsp3) is 0.381. The van der Waals surface area contributed by atoms with E-state index in [4.69, 9.17) is 0 Å². The monoisotopic (exact) mass is 401 g/mol. The van der Waals surface area contributed by atoms with Gasteiger partial charge in [0.1, 0.15) is 11.5 Å². The van der Waals surface area contributed by atoms with E-state index in [-0.39, 0.29) is 35.9 Å². The van der Waals surface area contributed by atoms with E-state index in [1.54, 1.807) is 24.3 Å². The first-order valence-corrected chi connectivity index (χ1v) is 10.5. The summed E-state index contributed by atoms with van der Waals surface area (Å²) in [6.45, 7) is 3.95. The summed E-state index contributed by atoms with van der Waals surface area (Å²) in [5, 5.41) is 3.49. The van der Waals surface area contributed by atoms with Gasteiger partial charge in [-0.25, -0.2) is 9.38 Å². The third-order valence-electron chi connectivity index (χ3n) is 4.72. The zero-order valence-corrected chi connectivity index (χ0v) is 16.5. The Morgan fingerprint density at radius 2 is 2.07 bits per heavy atom. The number of amidine groups is 1. The van der Waals surface area contributed by atoms with Crippen LogP contribution in [0.25, 0.3) is 6.08 Å². The van der Waals surface area contributed by atoms with Gasteiger partial charge in [-0.05, 0) is 25.0 Å². The molecule has 1 saturated carbocycles. The van der Waals surface area contributed by atoms with Crippen molar-refractivity contribution in [3.05, 3.63) is 54.0 Å². The molecule has 0 radical (unpaired) electrons. The third kappa shape index (κ3) is 5.10. The SMILES string of the molecule is C=CCN1C(=O)C(=Cc2ccccc2F)N=C1SCC(=O)NC1CCCCC1. The minimum absolute atomic E-state index is 0.0582. The van der Waals surface area contributed by atoms with Crippen molar-refractivity contribution in [3.8, 4) is 0 Å². The largest absolute Gasteiger partial charge is 0.353 e. The first-order valence-electron chi connectivity index (χ1n) is 9.48. The molecule has 0 bridgehead atoms. The van der Waals surface area contributed by atoms with Crippen LogP contribution in [0.1, 0.15) is 37.7 Å². The standard InChI is InChI=1S/C21H24FN3O2S/c1-2-12-25-20(27)18(13-15-8-6-7-11-17(15)22)24-21(25)28-14-19(26)23-16-9-4-3-5-10-16/h2,6-8,11,13,16H,1,3-5,9-10,12,14H2,(H,23,26). The molecule has 0 aromatic heterocycles. The maximum absolute atomic E-state index is 13.9. The molecule has 2 amide bonds. The maximum Gasteiger partial charge on any atom is 0.278 e. The van der Waals surface area contributed by atoms with Crippen LogP contribution in [0.2, 0.25) is 0 Å². The Hall–Kier alpha value is -2.41. The highest BCUT2D eigenvalue weighted by Crippen LogP contribution is 2.25. The summed E-state index contributed by atoms with van der Waals surface area (Å²) in [4.78, 5) is 30.7. The number of amides is 2. The van der Waals surface area contributed by atoms with Crippen LogP contribution in [0.3, 0.4) is 0 Å². The summed E-state index contributed by atoms with van der Waals surface area (Å²) >= 11 is 1.21. The average Bonchev–Trinajstić information content (AvgIpc) is 2.98. The maximum atomic E-state index is 13.9. The zero-order chi connectivity index (χ0) is 19.9. The molecule has 0 unspecified atom stereocenters. The number of carbonyl (C=O) groups excluding carboxylic acids is 2. The number of aliphatic imine (C=N–C) groups is 1. The second-order valence-corrected chi connectivity index (χ2v) is 7.78. The summed E-state index contributed by atoms with van der Waals surface area (Å²) in [7, 11) is 0. The lowest BCUT2D eigenvalue weighted by molar-refractivity contribution is -0.122. The molecular formula is C21H24FN3O2S. The lowest BCUT2D eigenvalue weighted by atomic mass is 9.95. The number of halogens is 1. The van der Waals surface area contributed by atoms with Crippen LogP contribution in [0.4, 0.5) is 4.39 Å². The first kappa shape index (κ1) is 20.3. The van der Waals surface area contributed by atoms with Crippen LogP contribution >= 0.6 is 11.8 Å². The Morgan fingerprint density at radius 1 is 1.32 bits per heavy atom. The molecule has 1 aliphatic heterocycles. The fourth-order valence-electron chi connectivity index (χ4n) is 3.32. The molecule has 7 heteroatoms. The minimum Gasteiger partial charge on any atom is -0.353 e. The molecule has 28 heavy (non-hydrogen) atoms. The van der Waals surface area contributed by atoms with E-state index in [9.17, 15) is 14.0 Å². The number of hydrogen-bond acceptors (Lipinski definition) is 4. The van der Waals surface area contributed by atoms with E-state index in [0.717, 1.165) is 25.7 Å². The molecule has 0 atom stereocenters. The molecule has 1 N–H and O–H groups in total. The minimum atomic E-state index is -0.416. The van der Waals surface area contributed by atoms with Crippen LogP contribution in [-0.4, -0.2) is 40.2 Å². The van der Waals surface area contributed by atoms with Crippen LogP contribution in [0, 0.1) is 5.82 Å². The van der Waals surface area contributed by atoms with Crippen molar-refractivity contribution in [3.63, 3.8) is 0 Å². The predicted octanol–water partition coefficient (Wildman–Crippen LogP) is 3.73. The quantitative estimate of drug-likeness (QED) is 0.584. The molecule has 5 nitrogen and oxygen atoms in total. The lowest BCUT2D eigenvalue weighted by Crippen LogP contribution is -2.38. The van der Waals surface area contributed by atoms with Gasteiger partial charge in [0.25, 0.3) is 5.91 Å². The number of thioether (sulfide) groups is 1. The van der Waals surface area contributed by atoms with E-state index >= 15 is 0 Å². The van der Waals surface area contributed by atoms with E-state index < -0.39 is 5.82 Å². The fourth-order valence-corrected chi connectivity index (χ4v) is 4.14. The van der Waals surface area contributed by atoms with Gasteiger partial charge in [0.05, 0.1) is 5.75 Å². The summed E-state index contributed by atoms with van der Waals surface area (Å²) in [6, 6.07) is 6.46. The molecule has 0 saturated heterocycles. The second-order valence-electron chi connectivity index (χ2n) is 6.84. The molecule has 1 aromatic rings. The van der Waals surface area contributed by atoms with E-state index in [1.807, 2.05) is 0 Å². The highest BCUT2D eigenvalue weighted by atomic mass is 32.2. The molecule has 1 aliphatic carbocycles. The van der Waals surface area contributed by atoms with Crippen molar-refractivity contribution in [2.24, 2.45) is 4.99 Å². The summed E-state index contributed by atoms with van der Waals surface area (Å²) in [5.41, 5.74) is 0.455. The molecular weight excluding hydrogens is 377 g/mol. The lowest BCUT2D eigenvalue weighted by Gasteiger charge is -2.22. The highest BCUT2D eigenvalue weighted by Gasteiger charge is 2.30. The van der Waals surface area contributed by atoms with Crippen molar-refractivity contribution >= 4 is 34.8 Å². The first-order chi connectivity index (χ1) is 13.6. The Morgan fingerprint density at radius 3 is 2.79 bits per heavy atom. The van der Waals surface area contributed by atoms with E-state index in [1.165, 1.54) is 35.2 Å². The van der Waals surface area contributed by atoms with Gasteiger partial charge in [-0.2, -0.15) is 0 Å².